The summed E-state index contributed by atoms with van der Waals surface area (Å²) in [5.41, 5.74) is 2.84. The van der Waals surface area contributed by atoms with Crippen LogP contribution < -0.4 is 4.74 Å². The number of benzene rings is 2. The predicted octanol–water partition coefficient (Wildman–Crippen LogP) is 4.51. The Morgan fingerprint density at radius 3 is 2.36 bits per heavy atom. The second kappa shape index (κ2) is 8.20. The summed E-state index contributed by atoms with van der Waals surface area (Å²) in [7, 11) is 1.52. The second-order valence-corrected chi connectivity index (χ2v) is 5.92. The van der Waals surface area contributed by atoms with E-state index in [4.69, 9.17) is 4.74 Å². The lowest BCUT2D eigenvalue weighted by molar-refractivity contribution is 0.104. The number of rotatable bonds is 6. The maximum atomic E-state index is 12.2. The number of aromatic hydroxyl groups is 2. The topological polar surface area (TPSA) is 66.8 Å². The van der Waals surface area contributed by atoms with E-state index in [0.29, 0.717) is 23.3 Å². The van der Waals surface area contributed by atoms with Crippen LogP contribution in [0.4, 0.5) is 0 Å². The molecule has 0 heterocycles. The molecule has 0 bridgehead atoms. The largest absolute Gasteiger partial charge is 0.508 e. The first-order valence-corrected chi connectivity index (χ1v) is 7.96. The zero-order valence-corrected chi connectivity index (χ0v) is 14.6. The van der Waals surface area contributed by atoms with Gasteiger partial charge in [0.05, 0.1) is 12.7 Å². The summed E-state index contributed by atoms with van der Waals surface area (Å²) in [6.45, 7) is 4.00. The lowest BCUT2D eigenvalue weighted by Gasteiger charge is -2.11. The van der Waals surface area contributed by atoms with E-state index in [1.165, 1.54) is 25.3 Å². The van der Waals surface area contributed by atoms with Gasteiger partial charge in [0.25, 0.3) is 0 Å². The normalized spacial score (nSPS) is 10.7. The fourth-order valence-corrected chi connectivity index (χ4v) is 2.33. The number of ether oxygens (including phenoxy) is 1. The highest BCUT2D eigenvalue weighted by molar-refractivity contribution is 6.07. The van der Waals surface area contributed by atoms with Crippen LogP contribution in [-0.2, 0) is 6.42 Å². The van der Waals surface area contributed by atoms with Crippen molar-refractivity contribution >= 4 is 11.9 Å². The average molecular weight is 338 g/mol. The Labute approximate surface area is 147 Å². The van der Waals surface area contributed by atoms with Gasteiger partial charge in [-0.1, -0.05) is 17.7 Å². The van der Waals surface area contributed by atoms with Crippen LogP contribution in [-0.4, -0.2) is 23.1 Å². The number of carbonyl (C=O) groups is 1. The van der Waals surface area contributed by atoms with E-state index in [9.17, 15) is 15.0 Å². The van der Waals surface area contributed by atoms with Crippen LogP contribution in [0.3, 0.4) is 0 Å². The van der Waals surface area contributed by atoms with E-state index in [1.54, 1.807) is 24.3 Å². The van der Waals surface area contributed by atoms with Gasteiger partial charge in [-0.2, -0.15) is 0 Å². The number of hydrogen-bond donors (Lipinski definition) is 2. The molecule has 0 aliphatic rings. The van der Waals surface area contributed by atoms with Crippen molar-refractivity contribution in [1.29, 1.82) is 0 Å². The van der Waals surface area contributed by atoms with Gasteiger partial charge in [0.2, 0.25) is 0 Å². The molecule has 2 rings (SSSR count). The van der Waals surface area contributed by atoms with E-state index in [2.05, 4.69) is 0 Å². The van der Waals surface area contributed by atoms with E-state index < -0.39 is 0 Å². The fraction of sp³-hybridized carbons (Fsp3) is 0.190. The van der Waals surface area contributed by atoms with Crippen LogP contribution in [0.25, 0.3) is 6.08 Å². The molecule has 25 heavy (non-hydrogen) atoms. The van der Waals surface area contributed by atoms with Gasteiger partial charge in [-0.3, -0.25) is 4.79 Å². The number of carbonyl (C=O) groups excluding carboxylic acids is 1. The van der Waals surface area contributed by atoms with Crippen LogP contribution in [0.5, 0.6) is 17.2 Å². The lowest BCUT2D eigenvalue weighted by atomic mass is 10.0. The molecule has 0 saturated carbocycles. The van der Waals surface area contributed by atoms with E-state index in [0.717, 1.165) is 11.1 Å². The van der Waals surface area contributed by atoms with Crippen LogP contribution in [0.1, 0.15) is 35.3 Å². The van der Waals surface area contributed by atoms with Gasteiger partial charge in [0, 0.05) is 5.56 Å². The fourth-order valence-electron chi connectivity index (χ4n) is 2.33. The van der Waals surface area contributed by atoms with Crippen molar-refractivity contribution in [2.75, 3.05) is 7.11 Å². The predicted molar refractivity (Wildman–Crippen MR) is 99.3 cm³/mol. The quantitative estimate of drug-likeness (QED) is 0.462. The van der Waals surface area contributed by atoms with Crippen molar-refractivity contribution in [3.05, 3.63) is 70.8 Å². The number of phenolic OH excluding ortho intramolecular Hbond substituents is 2. The molecule has 0 aliphatic heterocycles. The number of allylic oxidation sites excluding steroid dienone is 3. The summed E-state index contributed by atoms with van der Waals surface area (Å²) in [5.74, 6) is 0.475. The smallest absolute Gasteiger partial charge is 0.185 e. The number of ketones is 1. The highest BCUT2D eigenvalue weighted by Crippen LogP contribution is 2.33. The SMILES string of the molecule is COc1ccc(CC=C(C)C)c(O)c1/C=C/C(=O)c1ccc(O)cc1. The monoisotopic (exact) mass is 338 g/mol. The number of methoxy groups -OCH3 is 1. The molecular weight excluding hydrogens is 316 g/mol. The summed E-state index contributed by atoms with van der Waals surface area (Å²) >= 11 is 0. The summed E-state index contributed by atoms with van der Waals surface area (Å²) in [6.07, 6.45) is 5.56. The molecule has 0 aromatic heterocycles. The Balaban J connectivity index is 2.33. The maximum Gasteiger partial charge on any atom is 0.185 e. The minimum atomic E-state index is -0.226. The molecule has 0 radical (unpaired) electrons. The Morgan fingerprint density at radius 1 is 1.08 bits per heavy atom. The molecule has 0 aliphatic carbocycles. The summed E-state index contributed by atoms with van der Waals surface area (Å²) in [5, 5.41) is 19.8. The summed E-state index contributed by atoms with van der Waals surface area (Å²) in [4.78, 5) is 12.2. The molecule has 0 spiro atoms. The molecule has 0 fully saturated rings. The lowest BCUT2D eigenvalue weighted by Crippen LogP contribution is -1.95. The molecule has 0 amide bonds. The zero-order chi connectivity index (χ0) is 18.4. The van der Waals surface area contributed by atoms with E-state index in [-0.39, 0.29) is 17.3 Å². The Morgan fingerprint density at radius 2 is 1.76 bits per heavy atom. The van der Waals surface area contributed by atoms with Gasteiger partial charge in [0.15, 0.2) is 5.78 Å². The standard InChI is InChI=1S/C21H22O4/c1-14(2)4-5-16-8-13-20(25-3)18(21(16)24)11-12-19(23)15-6-9-17(22)10-7-15/h4,6-13,22,24H,5H2,1-3H3/b12-11+. The van der Waals surface area contributed by atoms with Crippen LogP contribution in [0.2, 0.25) is 0 Å². The van der Waals surface area contributed by atoms with Crippen molar-refractivity contribution in [3.8, 4) is 17.2 Å². The van der Waals surface area contributed by atoms with Crippen molar-refractivity contribution < 1.29 is 19.7 Å². The van der Waals surface area contributed by atoms with Crippen molar-refractivity contribution in [3.63, 3.8) is 0 Å². The minimum absolute atomic E-state index is 0.103. The molecular formula is C21H22O4. The third-order valence-electron chi connectivity index (χ3n) is 3.76. The maximum absolute atomic E-state index is 12.2. The van der Waals surface area contributed by atoms with E-state index >= 15 is 0 Å². The average Bonchev–Trinajstić information content (AvgIpc) is 2.59. The zero-order valence-electron chi connectivity index (χ0n) is 14.6. The Kier molecular flexibility index (Phi) is 6.01. The van der Waals surface area contributed by atoms with Gasteiger partial charge in [-0.05, 0) is 68.3 Å². The van der Waals surface area contributed by atoms with Gasteiger partial charge in [0.1, 0.15) is 17.2 Å². The molecule has 2 aromatic rings. The summed E-state index contributed by atoms with van der Waals surface area (Å²) in [6, 6.07) is 9.60. The van der Waals surface area contributed by atoms with Gasteiger partial charge < -0.3 is 14.9 Å². The molecule has 2 N–H and O–H groups in total. The molecule has 0 atom stereocenters. The minimum Gasteiger partial charge on any atom is -0.508 e. The molecule has 130 valence electrons. The third-order valence-corrected chi connectivity index (χ3v) is 3.76. The third kappa shape index (κ3) is 4.73. The first-order chi connectivity index (χ1) is 11.9. The van der Waals surface area contributed by atoms with Crippen LogP contribution in [0.15, 0.2) is 54.1 Å². The van der Waals surface area contributed by atoms with E-state index in [1.807, 2.05) is 26.0 Å². The van der Waals surface area contributed by atoms with Crippen molar-refractivity contribution in [1.82, 2.24) is 0 Å². The number of hydrogen-bond acceptors (Lipinski definition) is 4. The Bertz CT molecular complexity index is 811. The first kappa shape index (κ1) is 18.3. The van der Waals surface area contributed by atoms with Crippen molar-refractivity contribution in [2.45, 2.75) is 20.3 Å². The van der Waals surface area contributed by atoms with Gasteiger partial charge in [-0.15, -0.1) is 0 Å². The van der Waals surface area contributed by atoms with Crippen molar-refractivity contribution in [2.24, 2.45) is 0 Å². The second-order valence-electron chi connectivity index (χ2n) is 5.92. The molecule has 2 aromatic carbocycles. The summed E-state index contributed by atoms with van der Waals surface area (Å²) < 4.78 is 5.29. The van der Waals surface area contributed by atoms with Crippen LogP contribution >= 0.6 is 0 Å². The first-order valence-electron chi connectivity index (χ1n) is 7.96. The molecule has 4 nitrogen and oxygen atoms in total. The Hall–Kier alpha value is -3.01. The molecule has 0 saturated heterocycles. The molecule has 0 unspecified atom stereocenters. The number of phenols is 2. The molecule has 4 heteroatoms. The highest BCUT2D eigenvalue weighted by Gasteiger charge is 2.11. The van der Waals surface area contributed by atoms with Gasteiger partial charge in [-0.25, -0.2) is 0 Å². The van der Waals surface area contributed by atoms with Gasteiger partial charge >= 0.3 is 0 Å². The highest BCUT2D eigenvalue weighted by atomic mass is 16.5. The van der Waals surface area contributed by atoms with Crippen LogP contribution in [0, 0.1) is 0 Å².